The van der Waals surface area contributed by atoms with Gasteiger partial charge in [0, 0.05) is 23.2 Å². The van der Waals surface area contributed by atoms with Gasteiger partial charge in [-0.3, -0.25) is 0 Å². The number of amidine groups is 1. The van der Waals surface area contributed by atoms with E-state index in [1.165, 1.54) is 12.1 Å². The number of hydrogen-bond donors (Lipinski definition) is 3. The van der Waals surface area contributed by atoms with Crippen LogP contribution in [0.15, 0.2) is 23.4 Å². The maximum absolute atomic E-state index is 13.9. The summed E-state index contributed by atoms with van der Waals surface area (Å²) >= 11 is 0. The molecule has 1 aliphatic rings. The molecule has 1 aliphatic heterocycles. The number of sulfone groups is 1. The van der Waals surface area contributed by atoms with E-state index in [0.717, 1.165) is 0 Å². The summed E-state index contributed by atoms with van der Waals surface area (Å²) in [6, 6.07) is 4.26. The van der Waals surface area contributed by atoms with Gasteiger partial charge in [-0.1, -0.05) is 17.3 Å². The Morgan fingerprint density at radius 3 is 2.81 bits per heavy atom. The fraction of sp³-hybridized carbons (Fsp3) is 0.462. The first-order valence-electron chi connectivity index (χ1n) is 6.46. The van der Waals surface area contributed by atoms with E-state index in [2.05, 4.69) is 10.5 Å². The second kappa shape index (κ2) is 5.61. The molecule has 1 aromatic carbocycles. The van der Waals surface area contributed by atoms with Gasteiger partial charge in [0.15, 0.2) is 15.7 Å². The molecular formula is C13H18FN3O3S. The van der Waals surface area contributed by atoms with Crippen molar-refractivity contribution in [2.75, 3.05) is 11.5 Å². The predicted molar refractivity (Wildman–Crippen MR) is 77.4 cm³/mol. The van der Waals surface area contributed by atoms with Gasteiger partial charge in [-0.2, -0.15) is 0 Å². The van der Waals surface area contributed by atoms with Gasteiger partial charge in [0.05, 0.1) is 11.5 Å². The SMILES string of the molecule is CC1(NCc2ccc(C(N)=NO)cc2F)CCS(=O)(=O)C1. The molecule has 0 saturated carbocycles. The second-order valence-corrected chi connectivity index (χ2v) is 7.73. The van der Waals surface area contributed by atoms with Gasteiger partial charge in [-0.25, -0.2) is 12.8 Å². The quantitative estimate of drug-likeness (QED) is 0.326. The summed E-state index contributed by atoms with van der Waals surface area (Å²) in [6.45, 7) is 2.04. The van der Waals surface area contributed by atoms with Crippen LogP contribution < -0.4 is 11.1 Å². The number of nitrogens with one attached hydrogen (secondary N) is 1. The molecule has 0 amide bonds. The summed E-state index contributed by atoms with van der Waals surface area (Å²) in [5, 5.41) is 14.5. The summed E-state index contributed by atoms with van der Waals surface area (Å²) in [6.07, 6.45) is 0.513. The van der Waals surface area contributed by atoms with Gasteiger partial charge in [0.1, 0.15) is 5.82 Å². The molecule has 0 aliphatic carbocycles. The van der Waals surface area contributed by atoms with Crippen LogP contribution in [0.1, 0.15) is 24.5 Å². The molecule has 1 saturated heterocycles. The average Bonchev–Trinajstić information content (AvgIpc) is 2.71. The minimum atomic E-state index is -3.01. The van der Waals surface area contributed by atoms with Gasteiger partial charge in [-0.05, 0) is 19.4 Å². The number of rotatable bonds is 4. The third kappa shape index (κ3) is 3.70. The largest absolute Gasteiger partial charge is 0.409 e. The molecule has 6 nitrogen and oxygen atoms in total. The zero-order chi connectivity index (χ0) is 15.7. The highest BCUT2D eigenvalue weighted by Crippen LogP contribution is 2.23. The van der Waals surface area contributed by atoms with Gasteiger partial charge in [0.25, 0.3) is 0 Å². The van der Waals surface area contributed by atoms with Gasteiger partial charge < -0.3 is 16.3 Å². The van der Waals surface area contributed by atoms with Gasteiger partial charge in [-0.15, -0.1) is 0 Å². The smallest absolute Gasteiger partial charge is 0.170 e. The Kier molecular flexibility index (Phi) is 4.20. The van der Waals surface area contributed by atoms with Crippen molar-refractivity contribution in [2.45, 2.75) is 25.4 Å². The van der Waals surface area contributed by atoms with E-state index in [1.807, 2.05) is 6.92 Å². The molecule has 2 rings (SSSR count). The van der Waals surface area contributed by atoms with Crippen molar-refractivity contribution >= 4 is 15.7 Å². The molecule has 0 aromatic heterocycles. The molecule has 4 N–H and O–H groups in total. The van der Waals surface area contributed by atoms with E-state index in [1.54, 1.807) is 6.07 Å². The Labute approximate surface area is 122 Å². The Morgan fingerprint density at radius 1 is 1.57 bits per heavy atom. The lowest BCUT2D eigenvalue weighted by Crippen LogP contribution is -2.43. The fourth-order valence-corrected chi connectivity index (χ4v) is 4.49. The first kappa shape index (κ1) is 15.7. The molecule has 8 heteroatoms. The lowest BCUT2D eigenvalue weighted by atomic mass is 10.0. The highest BCUT2D eigenvalue weighted by atomic mass is 32.2. The van der Waals surface area contributed by atoms with Crippen LogP contribution in [0.4, 0.5) is 4.39 Å². The van der Waals surface area contributed by atoms with E-state index < -0.39 is 21.2 Å². The molecule has 116 valence electrons. The van der Waals surface area contributed by atoms with Crippen LogP contribution in [0.3, 0.4) is 0 Å². The minimum absolute atomic E-state index is 0.0593. The highest BCUT2D eigenvalue weighted by Gasteiger charge is 2.37. The van der Waals surface area contributed by atoms with Crippen molar-refractivity contribution in [1.82, 2.24) is 5.32 Å². The predicted octanol–water partition coefficient (Wildman–Crippen LogP) is 0.587. The van der Waals surface area contributed by atoms with Crippen LogP contribution in [-0.2, 0) is 16.4 Å². The molecule has 1 unspecified atom stereocenters. The molecular weight excluding hydrogens is 297 g/mol. The minimum Gasteiger partial charge on any atom is -0.409 e. The van der Waals surface area contributed by atoms with Crippen molar-refractivity contribution in [3.8, 4) is 0 Å². The number of hydrogen-bond acceptors (Lipinski definition) is 5. The maximum Gasteiger partial charge on any atom is 0.170 e. The number of benzene rings is 1. The zero-order valence-electron chi connectivity index (χ0n) is 11.6. The molecule has 0 bridgehead atoms. The van der Waals surface area contributed by atoms with Crippen LogP contribution in [-0.4, -0.2) is 36.5 Å². The summed E-state index contributed by atoms with van der Waals surface area (Å²) in [5.74, 6) is -0.441. The van der Waals surface area contributed by atoms with Gasteiger partial charge in [0.2, 0.25) is 0 Å². The molecule has 0 spiro atoms. The lowest BCUT2D eigenvalue weighted by molar-refractivity contribution is 0.318. The zero-order valence-corrected chi connectivity index (χ0v) is 12.5. The van der Waals surface area contributed by atoms with Crippen LogP contribution in [0, 0.1) is 5.82 Å². The fourth-order valence-electron chi connectivity index (χ4n) is 2.37. The molecule has 1 heterocycles. The first-order chi connectivity index (χ1) is 9.75. The summed E-state index contributed by atoms with van der Waals surface area (Å²) in [4.78, 5) is 0. The highest BCUT2D eigenvalue weighted by molar-refractivity contribution is 7.91. The van der Waals surface area contributed by atoms with Crippen molar-refractivity contribution in [2.24, 2.45) is 10.9 Å². The van der Waals surface area contributed by atoms with Crippen molar-refractivity contribution in [1.29, 1.82) is 0 Å². The molecule has 1 atom stereocenters. The van der Waals surface area contributed by atoms with E-state index in [4.69, 9.17) is 10.9 Å². The lowest BCUT2D eigenvalue weighted by Gasteiger charge is -2.24. The Bertz CT molecular complexity index is 675. The Hall–Kier alpha value is -1.67. The van der Waals surface area contributed by atoms with Crippen LogP contribution in [0.25, 0.3) is 0 Å². The summed E-state index contributed by atoms with van der Waals surface area (Å²) in [7, 11) is -3.01. The number of nitrogens with two attached hydrogens (primary N) is 1. The van der Waals surface area contributed by atoms with E-state index >= 15 is 0 Å². The van der Waals surface area contributed by atoms with Crippen LogP contribution in [0.2, 0.25) is 0 Å². The standard InChI is InChI=1S/C13H18FN3O3S/c1-13(4-5-21(19,20)8-13)16-7-10-3-2-9(6-11(10)14)12(15)17-18/h2-3,6,16,18H,4-5,7-8H2,1H3,(H2,15,17). The molecule has 21 heavy (non-hydrogen) atoms. The Balaban J connectivity index is 2.08. The third-order valence-electron chi connectivity index (χ3n) is 3.67. The molecule has 0 radical (unpaired) electrons. The van der Waals surface area contributed by atoms with Crippen molar-refractivity contribution < 1.29 is 18.0 Å². The Morgan fingerprint density at radius 2 is 2.29 bits per heavy atom. The normalized spacial score (nSPS) is 25.1. The van der Waals surface area contributed by atoms with E-state index in [0.29, 0.717) is 12.0 Å². The van der Waals surface area contributed by atoms with E-state index in [-0.39, 0.29) is 29.4 Å². The molecule has 1 fully saturated rings. The first-order valence-corrected chi connectivity index (χ1v) is 8.29. The van der Waals surface area contributed by atoms with Crippen LogP contribution in [0.5, 0.6) is 0 Å². The monoisotopic (exact) mass is 315 g/mol. The topological polar surface area (TPSA) is 105 Å². The van der Waals surface area contributed by atoms with Crippen molar-refractivity contribution in [3.05, 3.63) is 35.1 Å². The van der Waals surface area contributed by atoms with E-state index in [9.17, 15) is 12.8 Å². The van der Waals surface area contributed by atoms with Crippen molar-refractivity contribution in [3.63, 3.8) is 0 Å². The summed E-state index contributed by atoms with van der Waals surface area (Å²) in [5.41, 5.74) is 5.54. The van der Waals surface area contributed by atoms with Crippen LogP contribution >= 0.6 is 0 Å². The summed E-state index contributed by atoms with van der Waals surface area (Å²) < 4.78 is 37.0. The average molecular weight is 315 g/mol. The molecule has 1 aromatic rings. The second-order valence-electron chi connectivity index (χ2n) is 5.55. The third-order valence-corrected chi connectivity index (χ3v) is 5.57. The van der Waals surface area contributed by atoms with Gasteiger partial charge >= 0.3 is 0 Å². The number of halogens is 1. The number of oxime groups is 1. The number of nitrogens with zero attached hydrogens (tertiary/aromatic N) is 1. The maximum atomic E-state index is 13.9.